The van der Waals surface area contributed by atoms with Crippen LogP contribution in [-0.4, -0.2) is 39.5 Å². The molecule has 2 heterocycles. The van der Waals surface area contributed by atoms with Crippen LogP contribution in [0.15, 0.2) is 60.7 Å². The number of nitrogens with one attached hydrogen (secondary N) is 2. The number of halogens is 1. The van der Waals surface area contributed by atoms with Gasteiger partial charge in [-0.1, -0.05) is 42.3 Å². The lowest BCUT2D eigenvalue weighted by molar-refractivity contribution is -0.122. The number of hydrogen-bond donors (Lipinski definition) is 2. The molecule has 4 aromatic rings. The fourth-order valence-corrected chi connectivity index (χ4v) is 5.69. The van der Waals surface area contributed by atoms with Crippen molar-refractivity contribution in [2.75, 3.05) is 13.1 Å². The Morgan fingerprint density at radius 3 is 2.70 bits per heavy atom. The van der Waals surface area contributed by atoms with Gasteiger partial charge in [-0.15, -0.1) is 6.42 Å². The third-order valence-electron chi connectivity index (χ3n) is 8.43. The number of nitrogens with zero attached hydrogens (tertiary/aromatic N) is 3. The van der Waals surface area contributed by atoms with Crippen LogP contribution >= 0.6 is 0 Å². The Bertz CT molecular complexity index is 1800. The van der Waals surface area contributed by atoms with Gasteiger partial charge in [0, 0.05) is 35.7 Å². The topological polar surface area (TPSA) is 88.4 Å². The highest BCUT2D eigenvalue weighted by Gasteiger charge is 2.44. The molecule has 2 amide bonds. The number of carbonyl (C=O) groups is 2. The molecule has 2 aliphatic carbocycles. The summed E-state index contributed by atoms with van der Waals surface area (Å²) in [5.41, 5.74) is 6.90. The zero-order valence-electron chi connectivity index (χ0n) is 24.4. The van der Waals surface area contributed by atoms with Gasteiger partial charge in [-0.05, 0) is 85.9 Å². The first-order valence-electron chi connectivity index (χ1n) is 14.8. The number of terminal acetylenes is 1. The van der Waals surface area contributed by atoms with Crippen molar-refractivity contribution < 1.29 is 14.0 Å². The molecule has 8 heteroatoms. The third-order valence-corrected chi connectivity index (χ3v) is 8.43. The second kappa shape index (κ2) is 11.8. The minimum absolute atomic E-state index is 0.0211. The lowest BCUT2D eigenvalue weighted by Crippen LogP contribution is -2.27. The Morgan fingerprint density at radius 1 is 1.14 bits per heavy atom. The first-order valence-corrected chi connectivity index (χ1v) is 14.8. The maximum atomic E-state index is 15.4. The molecular formula is C35H34FN5O2. The zero-order valence-corrected chi connectivity index (χ0v) is 24.4. The van der Waals surface area contributed by atoms with E-state index in [1.165, 1.54) is 22.8 Å². The highest BCUT2D eigenvalue weighted by atomic mass is 19.1. The molecule has 2 aromatic heterocycles. The third kappa shape index (κ3) is 5.94. The molecule has 7 nitrogen and oxygen atoms in total. The minimum atomic E-state index is -0.407. The normalized spacial score (nSPS) is 17.9. The first-order chi connectivity index (χ1) is 20.9. The maximum absolute atomic E-state index is 15.4. The second-order valence-corrected chi connectivity index (χ2v) is 11.4. The van der Waals surface area contributed by atoms with Gasteiger partial charge in [-0.2, -0.15) is 5.10 Å². The van der Waals surface area contributed by atoms with Crippen LogP contribution in [0.3, 0.4) is 0 Å². The zero-order chi connectivity index (χ0) is 30.1. The fraction of sp³-hybridized carbons (Fsp3) is 0.314. The molecule has 0 spiro atoms. The van der Waals surface area contributed by atoms with Gasteiger partial charge in [0.2, 0.25) is 5.91 Å². The molecule has 0 aliphatic heterocycles. The Morgan fingerprint density at radius 2 is 1.95 bits per heavy atom. The summed E-state index contributed by atoms with van der Waals surface area (Å²) in [7, 11) is 0. The van der Waals surface area contributed by atoms with E-state index in [1.54, 1.807) is 16.6 Å². The number of allylic oxidation sites excluding steroid dienone is 2. The molecule has 2 saturated carbocycles. The number of carbonyl (C=O) groups excluding carboxylic acids is 2. The highest BCUT2D eigenvalue weighted by Crippen LogP contribution is 2.48. The van der Waals surface area contributed by atoms with Crippen molar-refractivity contribution in [3.8, 4) is 23.6 Å². The number of amides is 2. The molecule has 0 unspecified atom stereocenters. The molecule has 6 rings (SSSR count). The average Bonchev–Trinajstić information content (AvgIpc) is 3.95. The van der Waals surface area contributed by atoms with Crippen molar-refractivity contribution in [1.29, 1.82) is 0 Å². The number of benzene rings is 2. The Kier molecular flexibility index (Phi) is 7.81. The van der Waals surface area contributed by atoms with E-state index in [1.807, 2.05) is 31.2 Å². The summed E-state index contributed by atoms with van der Waals surface area (Å²) in [5, 5.41) is 10.4. The molecule has 2 aromatic carbocycles. The van der Waals surface area contributed by atoms with Gasteiger partial charge < -0.3 is 10.6 Å². The molecule has 2 N–H and O–H groups in total. The SMILES string of the molecule is C#CCNC(=O)[C@H]1C[C@@H]1c1ccc(-c2cc3nc(C(=O)NCCc4ccccc4/C(C)=C\C)cc(C4CC4)n3n2)c(F)c1. The maximum Gasteiger partial charge on any atom is 0.270 e. The quantitative estimate of drug-likeness (QED) is 0.239. The summed E-state index contributed by atoms with van der Waals surface area (Å²) in [6.07, 6.45) is 10.7. The Balaban J connectivity index is 1.20. The lowest BCUT2D eigenvalue weighted by atomic mass is 9.98. The van der Waals surface area contributed by atoms with Crippen LogP contribution in [0.5, 0.6) is 0 Å². The van der Waals surface area contributed by atoms with Crippen LogP contribution in [0, 0.1) is 24.1 Å². The molecular weight excluding hydrogens is 541 g/mol. The lowest BCUT2D eigenvalue weighted by Gasteiger charge is -2.11. The molecule has 2 fully saturated rings. The van der Waals surface area contributed by atoms with Gasteiger partial charge in [-0.25, -0.2) is 13.9 Å². The van der Waals surface area contributed by atoms with E-state index >= 15 is 4.39 Å². The van der Waals surface area contributed by atoms with Gasteiger partial charge in [-0.3, -0.25) is 9.59 Å². The summed E-state index contributed by atoms with van der Waals surface area (Å²) < 4.78 is 17.1. The van der Waals surface area contributed by atoms with Crippen molar-refractivity contribution >= 4 is 23.0 Å². The van der Waals surface area contributed by atoms with E-state index in [0.29, 0.717) is 47.9 Å². The van der Waals surface area contributed by atoms with Crippen molar-refractivity contribution in [3.63, 3.8) is 0 Å². The van der Waals surface area contributed by atoms with Gasteiger partial charge in [0.1, 0.15) is 11.5 Å². The second-order valence-electron chi connectivity index (χ2n) is 11.4. The Hall–Kier alpha value is -4.77. The summed E-state index contributed by atoms with van der Waals surface area (Å²) in [4.78, 5) is 30.0. The minimum Gasteiger partial charge on any atom is -0.350 e. The van der Waals surface area contributed by atoms with E-state index in [-0.39, 0.29) is 30.2 Å². The fourth-order valence-electron chi connectivity index (χ4n) is 5.69. The average molecular weight is 576 g/mol. The van der Waals surface area contributed by atoms with Crippen molar-refractivity contribution in [1.82, 2.24) is 25.2 Å². The van der Waals surface area contributed by atoms with Crippen molar-refractivity contribution in [2.24, 2.45) is 5.92 Å². The van der Waals surface area contributed by atoms with E-state index in [4.69, 9.17) is 11.5 Å². The standard InChI is InChI=1S/C35H34FN5O2/c1-4-15-37-34(42)28-18-27(28)24-12-13-26(29(36)17-24)30-20-33-39-31(19-32(23-10-11-23)41(33)40-30)35(43)38-16-14-22-8-6-7-9-25(22)21(3)5-2/h1,5-9,12-13,17,19-20,23,27-28H,10-11,14-16,18H2,2-3H3,(H,37,42)(H,38,43)/b21-5-/t27-,28+/m1/s1. The molecule has 0 bridgehead atoms. The summed E-state index contributed by atoms with van der Waals surface area (Å²) in [5.74, 6) is 1.74. The van der Waals surface area contributed by atoms with Crippen LogP contribution in [0.25, 0.3) is 22.5 Å². The van der Waals surface area contributed by atoms with E-state index < -0.39 is 5.82 Å². The first kappa shape index (κ1) is 28.4. The molecule has 0 saturated heterocycles. The highest BCUT2D eigenvalue weighted by molar-refractivity contribution is 5.93. The number of hydrogen-bond acceptors (Lipinski definition) is 4. The number of rotatable bonds is 10. The van der Waals surface area contributed by atoms with E-state index in [9.17, 15) is 9.59 Å². The molecule has 218 valence electrons. The number of aromatic nitrogens is 3. The van der Waals surface area contributed by atoms with Crippen molar-refractivity contribution in [3.05, 3.63) is 94.6 Å². The molecule has 2 aliphatic rings. The number of fused-ring (bicyclic) bond motifs is 1. The van der Waals surface area contributed by atoms with Crippen LogP contribution < -0.4 is 10.6 Å². The summed E-state index contributed by atoms with van der Waals surface area (Å²) in [6.45, 7) is 4.78. The Labute approximate surface area is 250 Å². The van der Waals surface area contributed by atoms with Crippen molar-refractivity contribution in [2.45, 2.75) is 51.4 Å². The predicted octanol–water partition coefficient (Wildman–Crippen LogP) is 5.66. The van der Waals surface area contributed by atoms with Gasteiger partial charge in [0.15, 0.2) is 5.65 Å². The van der Waals surface area contributed by atoms with Crippen LogP contribution in [0.4, 0.5) is 4.39 Å². The van der Waals surface area contributed by atoms with E-state index in [0.717, 1.165) is 24.1 Å². The van der Waals surface area contributed by atoms with Crippen LogP contribution in [-0.2, 0) is 11.2 Å². The smallest absolute Gasteiger partial charge is 0.270 e. The summed E-state index contributed by atoms with van der Waals surface area (Å²) >= 11 is 0. The van der Waals surface area contributed by atoms with Crippen LogP contribution in [0.1, 0.15) is 77.8 Å². The summed E-state index contributed by atoms with van der Waals surface area (Å²) in [6, 6.07) is 16.8. The monoisotopic (exact) mass is 575 g/mol. The molecule has 43 heavy (non-hydrogen) atoms. The predicted molar refractivity (Wildman–Crippen MR) is 165 cm³/mol. The van der Waals surface area contributed by atoms with Gasteiger partial charge in [0.25, 0.3) is 5.91 Å². The van der Waals surface area contributed by atoms with Crippen LogP contribution in [0.2, 0.25) is 0 Å². The van der Waals surface area contributed by atoms with E-state index in [2.05, 4.69) is 46.7 Å². The van der Waals surface area contributed by atoms with Gasteiger partial charge in [0.05, 0.1) is 12.2 Å². The molecule has 2 atom stereocenters. The van der Waals surface area contributed by atoms with Gasteiger partial charge >= 0.3 is 0 Å². The molecule has 0 radical (unpaired) electrons. The largest absolute Gasteiger partial charge is 0.350 e.